The van der Waals surface area contributed by atoms with Gasteiger partial charge in [0.25, 0.3) is 0 Å². The Labute approximate surface area is 177 Å². The van der Waals surface area contributed by atoms with Gasteiger partial charge in [-0.25, -0.2) is 8.42 Å². The summed E-state index contributed by atoms with van der Waals surface area (Å²) in [5, 5.41) is 0. The van der Waals surface area contributed by atoms with Crippen molar-refractivity contribution >= 4 is 15.7 Å². The second kappa shape index (κ2) is 9.25. The highest BCUT2D eigenvalue weighted by Crippen LogP contribution is 2.38. The number of halogens is 3. The molecule has 0 atom stereocenters. The van der Waals surface area contributed by atoms with Crippen LogP contribution in [0, 0.1) is 0 Å². The molecule has 31 heavy (non-hydrogen) atoms. The van der Waals surface area contributed by atoms with Gasteiger partial charge in [-0.2, -0.15) is 13.2 Å². The highest BCUT2D eigenvalue weighted by Gasteiger charge is 2.39. The lowest BCUT2D eigenvalue weighted by molar-refractivity contribution is -0.106. The summed E-state index contributed by atoms with van der Waals surface area (Å²) in [6.45, 7) is -0.349. The van der Waals surface area contributed by atoms with Crippen molar-refractivity contribution in [3.63, 3.8) is 0 Å². The fourth-order valence-corrected chi connectivity index (χ4v) is 4.21. The molecule has 0 N–H and O–H groups in total. The minimum absolute atomic E-state index is 0.0403. The van der Waals surface area contributed by atoms with Crippen molar-refractivity contribution in [1.29, 1.82) is 0 Å². The Balaban J connectivity index is 2.07. The molecule has 6 nitrogen and oxygen atoms in total. The van der Waals surface area contributed by atoms with Crippen LogP contribution in [0.4, 0.5) is 18.9 Å². The molecule has 0 aliphatic heterocycles. The van der Waals surface area contributed by atoms with Gasteiger partial charge in [-0.1, -0.05) is 30.3 Å². The number of rotatable bonds is 8. The van der Waals surface area contributed by atoms with Gasteiger partial charge < -0.3 is 9.47 Å². The third-order valence-corrected chi connectivity index (χ3v) is 5.84. The Morgan fingerprint density at radius 2 is 1.58 bits per heavy atom. The summed E-state index contributed by atoms with van der Waals surface area (Å²) in [7, 11) is -3.35. The van der Waals surface area contributed by atoms with Crippen LogP contribution < -0.4 is 13.8 Å². The number of alkyl halides is 3. The van der Waals surface area contributed by atoms with Gasteiger partial charge in [-0.3, -0.25) is 9.29 Å². The summed E-state index contributed by atoms with van der Waals surface area (Å²) in [5.74, 6) is -1.29. The number of pyridine rings is 1. The second-order valence-electron chi connectivity index (χ2n) is 6.46. The van der Waals surface area contributed by atoms with E-state index < -0.39 is 22.0 Å². The normalized spacial score (nSPS) is 11.7. The Morgan fingerprint density at radius 3 is 2.19 bits per heavy atom. The van der Waals surface area contributed by atoms with Crippen molar-refractivity contribution in [1.82, 2.24) is 4.98 Å². The van der Waals surface area contributed by atoms with Crippen LogP contribution in [0.25, 0.3) is 0 Å². The molecular formula is C21H19F3N2O4S. The number of nitrogens with zero attached hydrogens (tertiary/aromatic N) is 2. The SMILES string of the molecule is COc1ccccc1Oc1ccccc1N(Cc1cccnc1)S(=O)(=O)CC(F)(F)F. The third-order valence-electron chi connectivity index (χ3n) is 4.15. The average molecular weight is 452 g/mol. The van der Waals surface area contributed by atoms with E-state index in [0.29, 0.717) is 15.6 Å². The highest BCUT2D eigenvalue weighted by atomic mass is 32.2. The molecule has 0 aliphatic carbocycles. The van der Waals surface area contributed by atoms with Crippen LogP contribution >= 0.6 is 0 Å². The topological polar surface area (TPSA) is 68.7 Å². The van der Waals surface area contributed by atoms with E-state index >= 15 is 0 Å². The van der Waals surface area contributed by atoms with Gasteiger partial charge in [-0.05, 0) is 35.9 Å². The summed E-state index contributed by atoms with van der Waals surface area (Å²) in [6, 6.07) is 15.8. The highest BCUT2D eigenvalue weighted by molar-refractivity contribution is 7.92. The Morgan fingerprint density at radius 1 is 0.935 bits per heavy atom. The van der Waals surface area contributed by atoms with Crippen LogP contribution in [-0.4, -0.2) is 32.4 Å². The molecule has 0 aliphatic rings. The first-order chi connectivity index (χ1) is 14.7. The van der Waals surface area contributed by atoms with Crippen molar-refractivity contribution in [2.75, 3.05) is 17.2 Å². The number of sulfonamides is 1. The third kappa shape index (κ3) is 5.88. The number of para-hydroxylation sites is 4. The van der Waals surface area contributed by atoms with Crippen molar-refractivity contribution < 1.29 is 31.1 Å². The van der Waals surface area contributed by atoms with E-state index in [1.54, 1.807) is 42.5 Å². The summed E-state index contributed by atoms with van der Waals surface area (Å²) in [6.07, 6.45) is -2.04. The zero-order valence-corrected chi connectivity index (χ0v) is 17.2. The average Bonchev–Trinajstić information content (AvgIpc) is 2.72. The minimum atomic E-state index is -4.91. The zero-order valence-electron chi connectivity index (χ0n) is 16.4. The number of anilines is 1. The summed E-state index contributed by atoms with van der Waals surface area (Å²) in [5.41, 5.74) is 0.377. The van der Waals surface area contributed by atoms with E-state index in [9.17, 15) is 21.6 Å². The monoisotopic (exact) mass is 452 g/mol. The summed E-state index contributed by atoms with van der Waals surface area (Å²) < 4.78 is 76.5. The van der Waals surface area contributed by atoms with Crippen LogP contribution in [0.1, 0.15) is 5.56 Å². The van der Waals surface area contributed by atoms with Gasteiger partial charge in [0.2, 0.25) is 10.0 Å². The molecular weight excluding hydrogens is 433 g/mol. The molecule has 164 valence electrons. The van der Waals surface area contributed by atoms with Gasteiger partial charge in [0.15, 0.2) is 23.0 Å². The molecule has 10 heteroatoms. The molecule has 3 rings (SSSR count). The van der Waals surface area contributed by atoms with E-state index in [4.69, 9.17) is 9.47 Å². The van der Waals surface area contributed by atoms with Crippen molar-refractivity contribution in [3.8, 4) is 17.2 Å². The number of benzene rings is 2. The van der Waals surface area contributed by atoms with E-state index in [1.807, 2.05) is 0 Å². The summed E-state index contributed by atoms with van der Waals surface area (Å²) >= 11 is 0. The predicted molar refractivity (Wildman–Crippen MR) is 110 cm³/mol. The molecule has 1 aromatic heterocycles. The number of hydrogen-bond donors (Lipinski definition) is 0. The molecule has 0 unspecified atom stereocenters. The Bertz CT molecular complexity index is 1120. The minimum Gasteiger partial charge on any atom is -0.493 e. The fourth-order valence-electron chi connectivity index (χ4n) is 2.85. The maximum atomic E-state index is 13.0. The quantitative estimate of drug-likeness (QED) is 0.492. The first-order valence-electron chi connectivity index (χ1n) is 9.05. The van der Waals surface area contributed by atoms with Gasteiger partial charge in [-0.15, -0.1) is 0 Å². The van der Waals surface area contributed by atoms with E-state index in [-0.39, 0.29) is 23.7 Å². The van der Waals surface area contributed by atoms with E-state index in [1.165, 1.54) is 37.7 Å². The second-order valence-corrected chi connectivity index (χ2v) is 8.35. The van der Waals surface area contributed by atoms with Crippen molar-refractivity contribution in [3.05, 3.63) is 78.6 Å². The number of ether oxygens (including phenoxy) is 2. The Kier molecular flexibility index (Phi) is 6.69. The molecule has 0 fully saturated rings. The number of methoxy groups -OCH3 is 1. The molecule has 0 radical (unpaired) electrons. The molecule has 0 saturated heterocycles. The molecule has 3 aromatic rings. The molecule has 0 amide bonds. The van der Waals surface area contributed by atoms with Crippen LogP contribution in [0.3, 0.4) is 0 Å². The van der Waals surface area contributed by atoms with Crippen LogP contribution in [0.2, 0.25) is 0 Å². The van der Waals surface area contributed by atoms with E-state index in [2.05, 4.69) is 4.98 Å². The Hall–Kier alpha value is -3.27. The van der Waals surface area contributed by atoms with Gasteiger partial charge in [0, 0.05) is 12.4 Å². The molecule has 0 saturated carbocycles. The van der Waals surface area contributed by atoms with Crippen LogP contribution in [0.15, 0.2) is 73.1 Å². The molecule has 1 heterocycles. The van der Waals surface area contributed by atoms with Crippen molar-refractivity contribution in [2.24, 2.45) is 0 Å². The van der Waals surface area contributed by atoms with Crippen LogP contribution in [0.5, 0.6) is 17.2 Å². The smallest absolute Gasteiger partial charge is 0.404 e. The number of hydrogen-bond acceptors (Lipinski definition) is 5. The lowest BCUT2D eigenvalue weighted by atomic mass is 10.2. The molecule has 0 bridgehead atoms. The maximum absolute atomic E-state index is 13.0. The van der Waals surface area contributed by atoms with E-state index in [0.717, 1.165) is 0 Å². The summed E-state index contributed by atoms with van der Waals surface area (Å²) in [4.78, 5) is 3.91. The first kappa shape index (κ1) is 22.4. The number of aromatic nitrogens is 1. The predicted octanol–water partition coefficient (Wildman–Crippen LogP) is 4.78. The zero-order chi connectivity index (χ0) is 22.5. The van der Waals surface area contributed by atoms with Crippen molar-refractivity contribution in [2.45, 2.75) is 12.7 Å². The fraction of sp³-hybridized carbons (Fsp3) is 0.190. The van der Waals surface area contributed by atoms with Gasteiger partial charge in [0.05, 0.1) is 19.3 Å². The van der Waals surface area contributed by atoms with Gasteiger partial charge in [0.1, 0.15) is 0 Å². The largest absolute Gasteiger partial charge is 0.493 e. The standard InChI is InChI=1S/C21H19F3N2O4S/c1-29-19-10-4-5-11-20(19)30-18-9-3-2-8-17(18)26(14-16-7-6-12-25-13-16)31(27,28)15-21(22,23)24/h2-13H,14-15H2,1H3. The van der Waals surface area contributed by atoms with Crippen LogP contribution in [-0.2, 0) is 16.6 Å². The first-order valence-corrected chi connectivity index (χ1v) is 10.7. The molecule has 2 aromatic carbocycles. The molecule has 0 spiro atoms. The lowest BCUT2D eigenvalue weighted by Crippen LogP contribution is -2.37. The van der Waals surface area contributed by atoms with Gasteiger partial charge >= 0.3 is 6.18 Å². The maximum Gasteiger partial charge on any atom is 0.404 e. The lowest BCUT2D eigenvalue weighted by Gasteiger charge is -2.27.